The number of benzene rings is 1. The molecule has 0 atom stereocenters. The summed E-state index contributed by atoms with van der Waals surface area (Å²) in [4.78, 5) is 1.45. The number of likely N-dealkylation sites (tertiary alicyclic amines) is 1. The number of quaternary nitrogens is 1. The SMILES string of the molecule is [CH2-][NH+]1CCC(Cc2ccccc2)CC1. The highest BCUT2D eigenvalue weighted by atomic mass is 15.1. The van der Waals surface area contributed by atoms with Crippen LogP contribution < -0.4 is 4.90 Å². The smallest absolute Gasteiger partial charge is 0.0533 e. The molecule has 14 heavy (non-hydrogen) atoms. The van der Waals surface area contributed by atoms with Crippen LogP contribution in [0.3, 0.4) is 0 Å². The summed E-state index contributed by atoms with van der Waals surface area (Å²) in [5, 5.41) is 0. The number of rotatable bonds is 2. The van der Waals surface area contributed by atoms with E-state index in [1.807, 2.05) is 0 Å². The highest BCUT2D eigenvalue weighted by Crippen LogP contribution is 2.16. The molecule has 1 aliphatic rings. The topological polar surface area (TPSA) is 4.44 Å². The molecule has 1 N–H and O–H groups in total. The lowest BCUT2D eigenvalue weighted by atomic mass is 9.90. The van der Waals surface area contributed by atoms with Crippen LogP contribution in [0, 0.1) is 13.0 Å². The first-order valence-electron chi connectivity index (χ1n) is 5.55. The van der Waals surface area contributed by atoms with E-state index < -0.39 is 0 Å². The summed E-state index contributed by atoms with van der Waals surface area (Å²) in [7, 11) is 4.06. The summed E-state index contributed by atoms with van der Waals surface area (Å²) in [6, 6.07) is 10.8. The van der Waals surface area contributed by atoms with Crippen molar-refractivity contribution in [2.24, 2.45) is 5.92 Å². The zero-order valence-electron chi connectivity index (χ0n) is 8.71. The standard InChI is InChI=1S/C13H19N/c1-14-9-7-13(8-10-14)11-12-5-3-2-4-6-12/h2-6,13-14H,1,7-11H2. The summed E-state index contributed by atoms with van der Waals surface area (Å²) < 4.78 is 0. The maximum Gasteiger partial charge on any atom is 0.0533 e. The fraction of sp³-hybridized carbons (Fsp3) is 0.462. The molecule has 0 bridgehead atoms. The highest BCUT2D eigenvalue weighted by molar-refractivity contribution is 5.15. The average molecular weight is 189 g/mol. The zero-order valence-corrected chi connectivity index (χ0v) is 8.71. The molecule has 1 saturated heterocycles. The van der Waals surface area contributed by atoms with Crippen molar-refractivity contribution in [3.8, 4) is 0 Å². The third-order valence-corrected chi connectivity index (χ3v) is 3.18. The normalized spacial score (nSPS) is 27.5. The van der Waals surface area contributed by atoms with E-state index in [0.717, 1.165) is 5.92 Å². The molecule has 1 fully saturated rings. The molecular formula is C13H19N. The van der Waals surface area contributed by atoms with Gasteiger partial charge in [0, 0.05) is 0 Å². The van der Waals surface area contributed by atoms with E-state index in [-0.39, 0.29) is 0 Å². The van der Waals surface area contributed by atoms with Gasteiger partial charge in [-0.3, -0.25) is 0 Å². The van der Waals surface area contributed by atoms with Crippen LogP contribution in [0.2, 0.25) is 0 Å². The lowest BCUT2D eigenvalue weighted by molar-refractivity contribution is -0.860. The molecule has 1 heteroatoms. The monoisotopic (exact) mass is 189 g/mol. The Morgan fingerprint density at radius 3 is 2.43 bits per heavy atom. The Labute approximate surface area is 86.7 Å². The summed E-state index contributed by atoms with van der Waals surface area (Å²) >= 11 is 0. The van der Waals surface area contributed by atoms with E-state index in [4.69, 9.17) is 0 Å². The average Bonchev–Trinajstić information content (AvgIpc) is 2.23. The van der Waals surface area contributed by atoms with Crippen LogP contribution in [0.1, 0.15) is 18.4 Å². The number of piperidine rings is 1. The van der Waals surface area contributed by atoms with Gasteiger partial charge in [-0.2, -0.15) is 7.05 Å². The predicted octanol–water partition coefficient (Wildman–Crippen LogP) is 1.32. The molecule has 0 spiro atoms. The van der Waals surface area contributed by atoms with E-state index >= 15 is 0 Å². The van der Waals surface area contributed by atoms with Gasteiger partial charge in [-0.05, 0) is 30.7 Å². The van der Waals surface area contributed by atoms with Crippen LogP contribution in [0.25, 0.3) is 0 Å². The van der Waals surface area contributed by atoms with Crippen LogP contribution in [-0.2, 0) is 6.42 Å². The molecule has 1 nitrogen and oxygen atoms in total. The minimum absolute atomic E-state index is 0.892. The largest absolute Gasteiger partial charge is 0.468 e. The molecule has 0 amide bonds. The molecule has 0 radical (unpaired) electrons. The predicted molar refractivity (Wildman–Crippen MR) is 58.9 cm³/mol. The van der Waals surface area contributed by atoms with Crippen LogP contribution in [0.5, 0.6) is 0 Å². The zero-order chi connectivity index (χ0) is 9.80. The van der Waals surface area contributed by atoms with Gasteiger partial charge in [0.05, 0.1) is 13.1 Å². The van der Waals surface area contributed by atoms with Crippen molar-refractivity contribution in [2.45, 2.75) is 19.3 Å². The van der Waals surface area contributed by atoms with Gasteiger partial charge in [0.25, 0.3) is 0 Å². The van der Waals surface area contributed by atoms with E-state index in [1.54, 1.807) is 0 Å². The summed E-state index contributed by atoms with van der Waals surface area (Å²) in [6.07, 6.45) is 3.94. The van der Waals surface area contributed by atoms with Crippen molar-refractivity contribution in [2.75, 3.05) is 13.1 Å². The molecule has 2 rings (SSSR count). The van der Waals surface area contributed by atoms with E-state index in [9.17, 15) is 0 Å². The van der Waals surface area contributed by atoms with Crippen molar-refractivity contribution >= 4 is 0 Å². The van der Waals surface area contributed by atoms with Crippen molar-refractivity contribution in [3.05, 3.63) is 42.9 Å². The van der Waals surface area contributed by atoms with Crippen LogP contribution in [0.15, 0.2) is 30.3 Å². The summed E-state index contributed by atoms with van der Waals surface area (Å²) in [6.45, 7) is 2.50. The van der Waals surface area contributed by atoms with E-state index in [0.29, 0.717) is 0 Å². The third-order valence-electron chi connectivity index (χ3n) is 3.18. The first kappa shape index (κ1) is 9.72. The second-order valence-electron chi connectivity index (χ2n) is 4.38. The molecule has 1 aliphatic heterocycles. The van der Waals surface area contributed by atoms with Gasteiger partial charge in [-0.1, -0.05) is 30.3 Å². The van der Waals surface area contributed by atoms with Crippen molar-refractivity contribution in [1.29, 1.82) is 0 Å². The Balaban J connectivity index is 1.87. The molecule has 0 saturated carbocycles. The van der Waals surface area contributed by atoms with Gasteiger partial charge in [0.2, 0.25) is 0 Å². The Bertz CT molecular complexity index is 260. The Hall–Kier alpha value is -0.820. The van der Waals surface area contributed by atoms with Gasteiger partial charge in [0.1, 0.15) is 0 Å². The molecular weight excluding hydrogens is 170 g/mol. The number of nitrogens with one attached hydrogen (secondary N) is 1. The molecule has 76 valence electrons. The first-order valence-corrected chi connectivity index (χ1v) is 5.55. The fourth-order valence-electron chi connectivity index (χ4n) is 2.24. The molecule has 0 aromatic heterocycles. The fourth-order valence-corrected chi connectivity index (χ4v) is 2.24. The second-order valence-corrected chi connectivity index (χ2v) is 4.38. The maximum absolute atomic E-state index is 4.06. The van der Waals surface area contributed by atoms with Gasteiger partial charge >= 0.3 is 0 Å². The maximum atomic E-state index is 4.06. The highest BCUT2D eigenvalue weighted by Gasteiger charge is 2.16. The number of hydrogen-bond acceptors (Lipinski definition) is 0. The van der Waals surface area contributed by atoms with Crippen LogP contribution in [0.4, 0.5) is 0 Å². The molecule has 1 aromatic rings. The quantitative estimate of drug-likeness (QED) is 0.669. The van der Waals surface area contributed by atoms with Crippen LogP contribution in [-0.4, -0.2) is 13.1 Å². The lowest BCUT2D eigenvalue weighted by Crippen LogP contribution is -3.08. The molecule has 1 aromatic carbocycles. The minimum atomic E-state index is 0.892. The van der Waals surface area contributed by atoms with E-state index in [1.165, 1.54) is 42.8 Å². The summed E-state index contributed by atoms with van der Waals surface area (Å²) in [5.74, 6) is 0.892. The van der Waals surface area contributed by atoms with Crippen molar-refractivity contribution in [1.82, 2.24) is 0 Å². The van der Waals surface area contributed by atoms with Crippen molar-refractivity contribution < 1.29 is 4.90 Å². The van der Waals surface area contributed by atoms with Gasteiger partial charge in [-0.15, -0.1) is 0 Å². The van der Waals surface area contributed by atoms with Crippen LogP contribution >= 0.6 is 0 Å². The third kappa shape index (κ3) is 2.58. The molecule has 1 heterocycles. The Kier molecular flexibility index (Phi) is 3.20. The first-order chi connectivity index (χ1) is 6.84. The molecule has 0 unspecified atom stereocenters. The Morgan fingerprint density at radius 2 is 1.79 bits per heavy atom. The van der Waals surface area contributed by atoms with Gasteiger partial charge in [0.15, 0.2) is 0 Å². The minimum Gasteiger partial charge on any atom is -0.468 e. The molecule has 0 aliphatic carbocycles. The van der Waals surface area contributed by atoms with Gasteiger partial charge in [-0.25, -0.2) is 0 Å². The summed E-state index contributed by atoms with van der Waals surface area (Å²) in [5.41, 5.74) is 1.49. The van der Waals surface area contributed by atoms with Crippen molar-refractivity contribution in [3.63, 3.8) is 0 Å². The van der Waals surface area contributed by atoms with Gasteiger partial charge < -0.3 is 4.90 Å². The second kappa shape index (κ2) is 4.61. The Morgan fingerprint density at radius 1 is 1.14 bits per heavy atom. The van der Waals surface area contributed by atoms with E-state index in [2.05, 4.69) is 37.4 Å². The lowest BCUT2D eigenvalue weighted by Gasteiger charge is -2.31. The number of hydrogen-bond donors (Lipinski definition) is 1.